The summed E-state index contributed by atoms with van der Waals surface area (Å²) in [5.74, 6) is -0.735. The summed E-state index contributed by atoms with van der Waals surface area (Å²) in [6.07, 6.45) is 4.32. The molecule has 0 radical (unpaired) electrons. The number of unbranched alkanes of at least 4 members (excludes halogenated alkanes) is 3. The number of ether oxygens (including phenoxy) is 1. The van der Waals surface area contributed by atoms with Gasteiger partial charge in [0, 0.05) is 41.1 Å². The predicted octanol–water partition coefficient (Wildman–Crippen LogP) is 4.46. The molecule has 7 amide bonds. The van der Waals surface area contributed by atoms with Gasteiger partial charge in [0.05, 0.1) is 24.2 Å². The molecule has 6 rings (SSSR count). The van der Waals surface area contributed by atoms with Crippen LogP contribution in [0.1, 0.15) is 69.1 Å². The molecule has 0 saturated carbocycles. The molecular weight excluding hydrogens is 801 g/mol. The van der Waals surface area contributed by atoms with E-state index in [4.69, 9.17) is 10.3 Å². The van der Waals surface area contributed by atoms with Gasteiger partial charge in [-0.3, -0.25) is 28.9 Å². The number of urea groups is 1. The van der Waals surface area contributed by atoms with Crippen LogP contribution in [-0.2, 0) is 30.4 Å². The van der Waals surface area contributed by atoms with Gasteiger partial charge in [0.25, 0.3) is 5.91 Å². The van der Waals surface area contributed by atoms with Crippen molar-refractivity contribution < 1.29 is 33.5 Å². The normalized spacial score (nSPS) is 20.6. The summed E-state index contributed by atoms with van der Waals surface area (Å²) in [7, 11) is 0. The Bertz CT molecular complexity index is 2080. The van der Waals surface area contributed by atoms with Gasteiger partial charge in [0.15, 0.2) is 6.10 Å². The molecular formula is C43H52N10O7S. The quantitative estimate of drug-likeness (QED) is 0.0312. The first kappa shape index (κ1) is 44.3. The molecule has 17 nitrogen and oxygen atoms in total. The number of hydrogen-bond acceptors (Lipinski definition) is 9. The van der Waals surface area contributed by atoms with Crippen LogP contribution in [0, 0.1) is 0 Å². The van der Waals surface area contributed by atoms with Crippen LogP contribution in [0.2, 0.25) is 0 Å². The SMILES string of the molecule is C[C@H](NC(=O)Cc1ccc(N=[N+]=[N-])cc1)C(=O)N[C@@H]1C(=O)N(CC(=O)NCCCCCNC(=O)CCCC[C@@H]2SC[C@@H]3NC(=O)N[C@@H]32)c2ccccc2O[C@@H]1c1ccccc1. The first-order valence-corrected chi connectivity index (χ1v) is 21.7. The van der Waals surface area contributed by atoms with E-state index < -0.39 is 41.8 Å². The first-order chi connectivity index (χ1) is 29.6. The second kappa shape index (κ2) is 21.8. The van der Waals surface area contributed by atoms with Gasteiger partial charge < -0.3 is 36.6 Å². The lowest BCUT2D eigenvalue weighted by Crippen LogP contribution is -2.56. The van der Waals surface area contributed by atoms with E-state index in [1.165, 1.54) is 11.8 Å². The zero-order valence-electron chi connectivity index (χ0n) is 34.0. The smallest absolute Gasteiger partial charge is 0.315 e. The molecule has 0 unspecified atom stereocenters. The number of azide groups is 1. The van der Waals surface area contributed by atoms with E-state index in [1.54, 1.807) is 72.8 Å². The molecule has 0 aromatic heterocycles. The van der Waals surface area contributed by atoms with Crippen molar-refractivity contribution in [2.45, 2.75) is 93.8 Å². The zero-order chi connectivity index (χ0) is 43.1. The Morgan fingerprint density at radius 1 is 0.885 bits per heavy atom. The van der Waals surface area contributed by atoms with Gasteiger partial charge in [-0.05, 0) is 67.8 Å². The Morgan fingerprint density at radius 2 is 1.61 bits per heavy atom. The minimum atomic E-state index is -1.27. The molecule has 2 saturated heterocycles. The lowest BCUT2D eigenvalue weighted by Gasteiger charge is -2.29. The summed E-state index contributed by atoms with van der Waals surface area (Å²) in [4.78, 5) is 82.5. The van der Waals surface area contributed by atoms with Gasteiger partial charge >= 0.3 is 6.03 Å². The minimum Gasteiger partial charge on any atom is -0.481 e. The van der Waals surface area contributed by atoms with Crippen LogP contribution in [0.3, 0.4) is 0 Å². The number of para-hydroxylation sites is 2. The van der Waals surface area contributed by atoms with E-state index in [-0.39, 0.29) is 37.0 Å². The number of fused-ring (bicyclic) bond motifs is 2. The molecule has 61 heavy (non-hydrogen) atoms. The fourth-order valence-corrected chi connectivity index (χ4v) is 9.15. The summed E-state index contributed by atoms with van der Waals surface area (Å²) in [5, 5.41) is 21.2. The van der Waals surface area contributed by atoms with Crippen molar-refractivity contribution in [2.75, 3.05) is 30.3 Å². The second-order valence-corrected chi connectivity index (χ2v) is 16.5. The lowest BCUT2D eigenvalue weighted by molar-refractivity contribution is -0.132. The van der Waals surface area contributed by atoms with Crippen molar-refractivity contribution in [3.05, 3.63) is 100 Å². The predicted molar refractivity (Wildman–Crippen MR) is 231 cm³/mol. The highest BCUT2D eigenvalue weighted by Gasteiger charge is 2.43. The highest BCUT2D eigenvalue weighted by atomic mass is 32.2. The van der Waals surface area contributed by atoms with Gasteiger partial charge in [-0.25, -0.2) is 4.79 Å². The maximum atomic E-state index is 14.5. The highest BCUT2D eigenvalue weighted by Crippen LogP contribution is 2.38. The van der Waals surface area contributed by atoms with Crippen LogP contribution in [0.15, 0.2) is 84.0 Å². The third kappa shape index (κ3) is 12.4. The number of benzene rings is 3. The third-order valence-electron chi connectivity index (χ3n) is 10.8. The van der Waals surface area contributed by atoms with E-state index in [0.717, 1.165) is 37.9 Å². The largest absolute Gasteiger partial charge is 0.481 e. The molecule has 322 valence electrons. The van der Waals surface area contributed by atoms with Gasteiger partial charge in [-0.15, -0.1) is 0 Å². The molecule has 6 N–H and O–H groups in total. The number of thioether (sulfide) groups is 1. The molecule has 18 heteroatoms. The molecule has 0 bridgehead atoms. The molecule has 6 atom stereocenters. The fraction of sp³-hybridized carbons (Fsp3) is 0.442. The standard InChI is InChI=1S/C43H52N10O7S/c1-27(47-36(55)24-28-18-20-30(21-19-28)51-52-44)41(57)49-39-40(29-12-4-2-5-13-29)60-33-15-7-6-14-32(33)53(42(39)58)25-37(56)46-23-11-3-10-22-45-35(54)17-9-8-16-34-38-31(26-61-34)48-43(59)50-38/h2,4-7,12-15,18-21,27,31,34,38-40H,3,8-11,16-17,22-26H2,1H3,(H,45,54)(H,46,56)(H,47,55)(H,49,57)(H2,48,50,59)/t27-,31-,34-,38-,39-,40+/m0/s1. The first-order valence-electron chi connectivity index (χ1n) is 20.7. The van der Waals surface area contributed by atoms with Crippen LogP contribution < -0.4 is 41.5 Å². The van der Waals surface area contributed by atoms with Gasteiger partial charge in [-0.2, -0.15) is 11.8 Å². The van der Waals surface area contributed by atoms with Crippen LogP contribution in [-0.4, -0.2) is 90.4 Å². The van der Waals surface area contributed by atoms with Gasteiger partial charge in [0.2, 0.25) is 23.6 Å². The molecule has 3 aliphatic rings. The number of amides is 7. The topological polar surface area (TPSA) is 236 Å². The number of rotatable bonds is 20. The van der Waals surface area contributed by atoms with E-state index in [9.17, 15) is 28.8 Å². The third-order valence-corrected chi connectivity index (χ3v) is 12.3. The van der Waals surface area contributed by atoms with E-state index in [1.807, 2.05) is 17.8 Å². The fourth-order valence-electron chi connectivity index (χ4n) is 7.60. The number of carbonyl (C=O) groups excluding carboxylic acids is 6. The molecule has 2 fully saturated rings. The number of anilines is 1. The van der Waals surface area contributed by atoms with Crippen LogP contribution in [0.25, 0.3) is 10.4 Å². The van der Waals surface area contributed by atoms with Crippen LogP contribution >= 0.6 is 11.8 Å². The maximum Gasteiger partial charge on any atom is 0.315 e. The summed E-state index contributed by atoms with van der Waals surface area (Å²) in [5.41, 5.74) is 10.7. The number of nitrogens with one attached hydrogen (secondary N) is 6. The summed E-state index contributed by atoms with van der Waals surface area (Å²) < 4.78 is 6.45. The average molecular weight is 853 g/mol. The maximum absolute atomic E-state index is 14.5. The Hall–Kier alpha value is -6.26. The lowest BCUT2D eigenvalue weighted by atomic mass is 10.0. The van der Waals surface area contributed by atoms with Gasteiger partial charge in [0.1, 0.15) is 24.4 Å². The van der Waals surface area contributed by atoms with E-state index in [2.05, 4.69) is 41.9 Å². The van der Waals surface area contributed by atoms with Crippen LogP contribution in [0.4, 0.5) is 16.2 Å². The molecule has 3 heterocycles. The Balaban J connectivity index is 0.972. The number of nitrogens with zero attached hydrogens (tertiary/aromatic N) is 4. The van der Waals surface area contributed by atoms with E-state index >= 15 is 0 Å². The second-order valence-electron chi connectivity index (χ2n) is 15.3. The zero-order valence-corrected chi connectivity index (χ0v) is 34.8. The number of hydrogen-bond donors (Lipinski definition) is 6. The van der Waals surface area contributed by atoms with Crippen molar-refractivity contribution in [3.63, 3.8) is 0 Å². The summed E-state index contributed by atoms with van der Waals surface area (Å²) >= 11 is 1.87. The molecule has 0 spiro atoms. The van der Waals surface area contributed by atoms with Crippen molar-refractivity contribution >= 4 is 58.7 Å². The average Bonchev–Trinajstić information content (AvgIpc) is 3.79. The van der Waals surface area contributed by atoms with E-state index in [0.29, 0.717) is 59.4 Å². The van der Waals surface area contributed by atoms with Crippen molar-refractivity contribution in [1.29, 1.82) is 0 Å². The Morgan fingerprint density at radius 3 is 2.36 bits per heavy atom. The molecule has 3 aromatic carbocycles. The Labute approximate surface area is 358 Å². The Kier molecular flexibility index (Phi) is 15.9. The van der Waals surface area contributed by atoms with Crippen LogP contribution in [0.5, 0.6) is 5.75 Å². The molecule has 3 aliphatic heterocycles. The monoisotopic (exact) mass is 852 g/mol. The minimum absolute atomic E-state index is 0.0164. The molecule has 3 aromatic rings. The number of carbonyl (C=O) groups is 6. The van der Waals surface area contributed by atoms with Crippen molar-refractivity contribution in [1.82, 2.24) is 31.9 Å². The summed E-state index contributed by atoms with van der Waals surface area (Å²) in [6.45, 7) is 2.08. The van der Waals surface area contributed by atoms with Crippen molar-refractivity contribution in [2.24, 2.45) is 5.11 Å². The highest BCUT2D eigenvalue weighted by molar-refractivity contribution is 8.00. The molecule has 0 aliphatic carbocycles. The summed E-state index contributed by atoms with van der Waals surface area (Å²) in [6, 6.07) is 20.3. The van der Waals surface area contributed by atoms with Crippen molar-refractivity contribution in [3.8, 4) is 5.75 Å². The van der Waals surface area contributed by atoms with Gasteiger partial charge in [-0.1, -0.05) is 78.3 Å².